The molecule has 0 spiro atoms. The molecule has 1 aliphatic carbocycles. The van der Waals surface area contributed by atoms with Crippen molar-refractivity contribution in [2.45, 2.75) is 38.0 Å². The van der Waals surface area contributed by atoms with E-state index in [2.05, 4.69) is 24.4 Å². The van der Waals surface area contributed by atoms with Crippen molar-refractivity contribution in [3.05, 3.63) is 29.8 Å². The maximum Gasteiger partial charge on any atom is 0.317 e. The molecule has 120 valence electrons. The number of likely N-dealkylation sites (tertiary alicyclic amines) is 1. The van der Waals surface area contributed by atoms with Crippen molar-refractivity contribution < 1.29 is 9.53 Å². The highest BCUT2D eigenvalue weighted by molar-refractivity contribution is 5.74. The van der Waals surface area contributed by atoms with Gasteiger partial charge >= 0.3 is 6.03 Å². The maximum atomic E-state index is 12.3. The lowest BCUT2D eigenvalue weighted by atomic mass is 9.96. The second-order valence-electron chi connectivity index (χ2n) is 6.86. The van der Waals surface area contributed by atoms with E-state index in [1.54, 1.807) is 7.11 Å². The lowest BCUT2D eigenvalue weighted by Gasteiger charge is -2.31. The monoisotopic (exact) mass is 302 g/mol. The smallest absolute Gasteiger partial charge is 0.317 e. The lowest BCUT2D eigenvalue weighted by molar-refractivity contribution is 0.169. The highest BCUT2D eigenvalue weighted by Gasteiger charge is 2.44. The van der Waals surface area contributed by atoms with Crippen LogP contribution in [0.4, 0.5) is 4.79 Å². The average Bonchev–Trinajstić information content (AvgIpc) is 3.34. The third-order valence-electron chi connectivity index (χ3n) is 5.08. The van der Waals surface area contributed by atoms with Crippen LogP contribution in [0.25, 0.3) is 0 Å². The Bertz CT molecular complexity index is 522. The van der Waals surface area contributed by atoms with Crippen molar-refractivity contribution in [3.8, 4) is 5.75 Å². The van der Waals surface area contributed by atoms with E-state index in [0.29, 0.717) is 5.92 Å². The predicted molar refractivity (Wildman–Crippen MR) is 87.3 cm³/mol. The number of hydrogen-bond donors (Lipinski definition) is 1. The summed E-state index contributed by atoms with van der Waals surface area (Å²) in [5, 5.41) is 3.16. The largest absolute Gasteiger partial charge is 0.497 e. The Morgan fingerprint density at radius 1 is 1.36 bits per heavy atom. The van der Waals surface area contributed by atoms with Crippen LogP contribution in [0.15, 0.2) is 24.3 Å². The molecular weight excluding hydrogens is 276 g/mol. The number of carbonyl (C=O) groups excluding carboxylic acids is 1. The topological polar surface area (TPSA) is 41.6 Å². The SMILES string of the molecule is COc1ccc(C2(CNC(=O)N3CCCC(C)C3)CC2)cc1. The molecule has 1 N–H and O–H groups in total. The van der Waals surface area contributed by atoms with Crippen LogP contribution in [0.5, 0.6) is 5.75 Å². The molecule has 1 aliphatic heterocycles. The van der Waals surface area contributed by atoms with Crippen molar-refractivity contribution in [2.24, 2.45) is 5.92 Å². The molecule has 4 heteroatoms. The molecule has 2 amide bonds. The van der Waals surface area contributed by atoms with Crippen LogP contribution in [0, 0.1) is 5.92 Å². The van der Waals surface area contributed by atoms with E-state index in [1.807, 2.05) is 17.0 Å². The molecule has 4 nitrogen and oxygen atoms in total. The molecule has 2 aliphatic rings. The van der Waals surface area contributed by atoms with Gasteiger partial charge in [0.05, 0.1) is 7.11 Å². The van der Waals surface area contributed by atoms with Crippen molar-refractivity contribution in [1.29, 1.82) is 0 Å². The number of hydrogen-bond acceptors (Lipinski definition) is 2. The molecule has 0 radical (unpaired) electrons. The fourth-order valence-corrected chi connectivity index (χ4v) is 3.39. The molecular formula is C18H26N2O2. The molecule has 1 atom stereocenters. The molecule has 1 aromatic rings. The maximum absolute atomic E-state index is 12.3. The van der Waals surface area contributed by atoms with Crippen molar-refractivity contribution in [3.63, 3.8) is 0 Å². The number of rotatable bonds is 4. The number of benzene rings is 1. The van der Waals surface area contributed by atoms with Crippen molar-refractivity contribution in [1.82, 2.24) is 10.2 Å². The molecule has 1 aromatic carbocycles. The van der Waals surface area contributed by atoms with Crippen LogP contribution in [0.1, 0.15) is 38.2 Å². The zero-order valence-electron chi connectivity index (χ0n) is 13.6. The fourth-order valence-electron chi connectivity index (χ4n) is 3.39. The van der Waals surface area contributed by atoms with Crippen LogP contribution >= 0.6 is 0 Å². The van der Waals surface area contributed by atoms with E-state index in [9.17, 15) is 4.79 Å². The van der Waals surface area contributed by atoms with Gasteiger partial charge in [-0.1, -0.05) is 19.1 Å². The first kappa shape index (κ1) is 15.2. The summed E-state index contributed by atoms with van der Waals surface area (Å²) >= 11 is 0. The predicted octanol–water partition coefficient (Wildman–Crippen LogP) is 3.17. The number of piperidine rings is 1. The molecule has 1 heterocycles. The molecule has 1 saturated heterocycles. The van der Waals surface area contributed by atoms with Crippen molar-refractivity contribution in [2.75, 3.05) is 26.7 Å². The average molecular weight is 302 g/mol. The molecule has 0 bridgehead atoms. The second-order valence-corrected chi connectivity index (χ2v) is 6.86. The minimum atomic E-state index is 0.103. The zero-order chi connectivity index (χ0) is 15.6. The van der Waals surface area contributed by atoms with E-state index < -0.39 is 0 Å². The molecule has 1 saturated carbocycles. The third kappa shape index (κ3) is 3.21. The summed E-state index contributed by atoms with van der Waals surface area (Å²) < 4.78 is 5.21. The molecule has 1 unspecified atom stereocenters. The zero-order valence-corrected chi connectivity index (χ0v) is 13.6. The summed E-state index contributed by atoms with van der Waals surface area (Å²) in [5.74, 6) is 1.50. The molecule has 0 aromatic heterocycles. The highest BCUT2D eigenvalue weighted by atomic mass is 16.5. The molecule has 3 rings (SSSR count). The summed E-state index contributed by atoms with van der Waals surface area (Å²) in [6.45, 7) is 4.75. The van der Waals surface area contributed by atoms with E-state index in [4.69, 9.17) is 4.74 Å². The number of urea groups is 1. The Kier molecular flexibility index (Phi) is 4.27. The van der Waals surface area contributed by atoms with Gasteiger partial charge in [0.2, 0.25) is 0 Å². The number of carbonyl (C=O) groups is 1. The van der Waals surface area contributed by atoms with Crippen LogP contribution < -0.4 is 10.1 Å². The lowest BCUT2D eigenvalue weighted by Crippen LogP contribution is -2.46. The van der Waals surface area contributed by atoms with Gasteiger partial charge in [-0.05, 0) is 49.3 Å². The summed E-state index contributed by atoms with van der Waals surface area (Å²) in [4.78, 5) is 14.3. The molecule has 2 fully saturated rings. The minimum Gasteiger partial charge on any atom is -0.497 e. The van der Waals surface area contributed by atoms with E-state index in [1.165, 1.54) is 12.0 Å². The first-order valence-corrected chi connectivity index (χ1v) is 8.30. The summed E-state index contributed by atoms with van der Waals surface area (Å²) in [5.41, 5.74) is 1.45. The number of nitrogens with one attached hydrogen (secondary N) is 1. The Morgan fingerprint density at radius 3 is 2.68 bits per heavy atom. The Morgan fingerprint density at radius 2 is 2.09 bits per heavy atom. The molecule has 22 heavy (non-hydrogen) atoms. The van der Waals surface area contributed by atoms with Gasteiger partial charge < -0.3 is 15.0 Å². The Labute approximate surface area is 132 Å². The van der Waals surface area contributed by atoms with Crippen LogP contribution in [0.2, 0.25) is 0 Å². The van der Waals surface area contributed by atoms with Gasteiger partial charge in [0.1, 0.15) is 5.75 Å². The van der Waals surface area contributed by atoms with Gasteiger partial charge in [-0.3, -0.25) is 0 Å². The normalized spacial score (nSPS) is 23.0. The number of amides is 2. The second kappa shape index (κ2) is 6.19. The number of ether oxygens (including phenoxy) is 1. The third-order valence-corrected chi connectivity index (χ3v) is 5.08. The van der Waals surface area contributed by atoms with Gasteiger partial charge in [-0.2, -0.15) is 0 Å². The Hall–Kier alpha value is -1.71. The van der Waals surface area contributed by atoms with Crippen molar-refractivity contribution >= 4 is 6.03 Å². The van der Waals surface area contributed by atoms with Gasteiger partial charge in [-0.25, -0.2) is 4.79 Å². The highest BCUT2D eigenvalue weighted by Crippen LogP contribution is 2.47. The fraction of sp³-hybridized carbons (Fsp3) is 0.611. The van der Waals surface area contributed by atoms with Gasteiger partial charge in [-0.15, -0.1) is 0 Å². The standard InChI is InChI=1S/C18H26N2O2/c1-14-4-3-11-20(12-14)17(21)19-13-18(9-10-18)15-5-7-16(22-2)8-6-15/h5-8,14H,3-4,9-13H2,1-2H3,(H,19,21). The first-order chi connectivity index (χ1) is 10.6. The van der Waals surface area contributed by atoms with E-state index in [-0.39, 0.29) is 11.4 Å². The van der Waals surface area contributed by atoms with E-state index >= 15 is 0 Å². The summed E-state index contributed by atoms with van der Waals surface area (Å²) in [7, 11) is 1.68. The minimum absolute atomic E-state index is 0.103. The van der Waals surface area contributed by atoms with Gasteiger partial charge in [0, 0.05) is 25.0 Å². The van der Waals surface area contributed by atoms with E-state index in [0.717, 1.165) is 44.6 Å². The van der Waals surface area contributed by atoms with Gasteiger partial charge in [0.15, 0.2) is 0 Å². The first-order valence-electron chi connectivity index (χ1n) is 8.30. The summed E-state index contributed by atoms with van der Waals surface area (Å²) in [6, 6.07) is 8.36. The number of methoxy groups -OCH3 is 1. The van der Waals surface area contributed by atoms with Crippen LogP contribution in [-0.4, -0.2) is 37.7 Å². The van der Waals surface area contributed by atoms with Crippen LogP contribution in [0.3, 0.4) is 0 Å². The van der Waals surface area contributed by atoms with Gasteiger partial charge in [0.25, 0.3) is 0 Å². The quantitative estimate of drug-likeness (QED) is 0.928. The number of nitrogens with zero attached hydrogens (tertiary/aromatic N) is 1. The van der Waals surface area contributed by atoms with Crippen LogP contribution in [-0.2, 0) is 5.41 Å². The summed E-state index contributed by atoms with van der Waals surface area (Å²) in [6.07, 6.45) is 4.66. The Balaban J connectivity index is 1.57.